The number of nitrogens with two attached hydrogens (primary N) is 1. The zero-order valence-corrected chi connectivity index (χ0v) is 13.5. The second-order valence-electron chi connectivity index (χ2n) is 6.20. The molecule has 2 fully saturated rings. The summed E-state index contributed by atoms with van der Waals surface area (Å²) >= 11 is 0. The van der Waals surface area contributed by atoms with Crippen molar-refractivity contribution in [2.45, 2.75) is 43.3 Å². The highest BCUT2D eigenvalue weighted by molar-refractivity contribution is 7.89. The predicted molar refractivity (Wildman–Crippen MR) is 81.3 cm³/mol. The van der Waals surface area contributed by atoms with E-state index in [0.29, 0.717) is 24.0 Å². The van der Waals surface area contributed by atoms with Gasteiger partial charge in [0.25, 0.3) is 0 Å². The summed E-state index contributed by atoms with van der Waals surface area (Å²) in [4.78, 5) is 2.79. The first kappa shape index (κ1) is 15.0. The highest BCUT2D eigenvalue weighted by Crippen LogP contribution is 2.29. The minimum absolute atomic E-state index is 0.0193. The molecular weight excluding hydrogens is 288 g/mol. The summed E-state index contributed by atoms with van der Waals surface area (Å²) in [7, 11) is -1.60. The number of piperazine rings is 1. The molecule has 0 aliphatic carbocycles. The van der Waals surface area contributed by atoms with Crippen molar-refractivity contribution in [1.82, 2.24) is 13.8 Å². The molecule has 0 radical (unpaired) electrons. The van der Waals surface area contributed by atoms with E-state index in [1.54, 1.807) is 21.1 Å². The lowest BCUT2D eigenvalue weighted by atomic mass is 10.1. The van der Waals surface area contributed by atoms with Crippen molar-refractivity contribution in [2.24, 2.45) is 12.8 Å². The largest absolute Gasteiger partial charge is 0.352 e. The molecule has 0 bridgehead atoms. The van der Waals surface area contributed by atoms with E-state index in [4.69, 9.17) is 5.73 Å². The Labute approximate surface area is 126 Å². The Morgan fingerprint density at radius 2 is 2.14 bits per heavy atom. The second-order valence-corrected chi connectivity index (χ2v) is 8.09. The van der Waals surface area contributed by atoms with Crippen LogP contribution in [0.5, 0.6) is 0 Å². The summed E-state index contributed by atoms with van der Waals surface area (Å²) in [6.07, 6.45) is 3.95. The molecule has 2 aliphatic heterocycles. The number of nitrogens with zero attached hydrogens (tertiary/aromatic N) is 3. The molecule has 7 heteroatoms. The molecule has 21 heavy (non-hydrogen) atoms. The van der Waals surface area contributed by atoms with Crippen LogP contribution in [0.15, 0.2) is 17.2 Å². The third-order valence-electron chi connectivity index (χ3n) is 4.78. The molecule has 3 heterocycles. The van der Waals surface area contributed by atoms with E-state index in [0.717, 1.165) is 25.2 Å². The van der Waals surface area contributed by atoms with Gasteiger partial charge in [0.1, 0.15) is 4.90 Å². The van der Waals surface area contributed by atoms with Gasteiger partial charge >= 0.3 is 0 Å². The molecule has 0 amide bonds. The van der Waals surface area contributed by atoms with Gasteiger partial charge in [0, 0.05) is 50.7 Å². The van der Waals surface area contributed by atoms with Crippen LogP contribution in [0.1, 0.15) is 25.5 Å². The van der Waals surface area contributed by atoms with Gasteiger partial charge in [-0.1, -0.05) is 0 Å². The van der Waals surface area contributed by atoms with Gasteiger partial charge in [0.15, 0.2) is 0 Å². The highest BCUT2D eigenvalue weighted by Gasteiger charge is 2.40. The van der Waals surface area contributed by atoms with Crippen molar-refractivity contribution in [3.8, 4) is 0 Å². The van der Waals surface area contributed by atoms with E-state index in [1.807, 2.05) is 14.0 Å². The quantitative estimate of drug-likeness (QED) is 0.874. The first-order valence-corrected chi connectivity index (χ1v) is 8.98. The van der Waals surface area contributed by atoms with Crippen molar-refractivity contribution in [3.63, 3.8) is 0 Å². The number of rotatable bonds is 3. The Bertz CT molecular complexity index is 625. The van der Waals surface area contributed by atoms with Crippen LogP contribution in [0.2, 0.25) is 0 Å². The normalized spacial score (nSPS) is 28.0. The van der Waals surface area contributed by atoms with Crippen LogP contribution in [0.3, 0.4) is 0 Å². The van der Waals surface area contributed by atoms with Crippen molar-refractivity contribution in [2.75, 3.05) is 19.6 Å². The third kappa shape index (κ3) is 2.52. The van der Waals surface area contributed by atoms with E-state index < -0.39 is 10.0 Å². The zero-order valence-electron chi connectivity index (χ0n) is 12.7. The molecule has 2 saturated heterocycles. The van der Waals surface area contributed by atoms with Gasteiger partial charge < -0.3 is 10.3 Å². The van der Waals surface area contributed by atoms with Crippen molar-refractivity contribution in [1.29, 1.82) is 0 Å². The number of sulfonamides is 1. The fourth-order valence-electron chi connectivity index (χ4n) is 3.55. The van der Waals surface area contributed by atoms with E-state index in [1.165, 1.54) is 6.42 Å². The van der Waals surface area contributed by atoms with Crippen molar-refractivity contribution in [3.05, 3.63) is 18.0 Å². The Balaban J connectivity index is 1.89. The average molecular weight is 312 g/mol. The lowest BCUT2D eigenvalue weighted by Crippen LogP contribution is -2.56. The lowest BCUT2D eigenvalue weighted by molar-refractivity contribution is 0.117. The maximum absolute atomic E-state index is 12.9. The van der Waals surface area contributed by atoms with Gasteiger partial charge in [-0.15, -0.1) is 0 Å². The topological polar surface area (TPSA) is 71.6 Å². The minimum atomic E-state index is -3.43. The molecule has 0 saturated carbocycles. The maximum Gasteiger partial charge on any atom is 0.244 e. The number of aromatic nitrogens is 1. The zero-order chi connectivity index (χ0) is 15.2. The molecule has 118 valence electrons. The summed E-state index contributed by atoms with van der Waals surface area (Å²) < 4.78 is 29.3. The maximum atomic E-state index is 12.9. The SMILES string of the molecule is CC1CN2CCCC2CN1S(=O)(=O)c1cc(CN)n(C)c1. The van der Waals surface area contributed by atoms with Crippen LogP contribution in [0.25, 0.3) is 0 Å². The lowest BCUT2D eigenvalue weighted by Gasteiger charge is -2.41. The molecule has 0 spiro atoms. The Hall–Kier alpha value is -0.890. The molecule has 3 rings (SSSR count). The average Bonchev–Trinajstić information content (AvgIpc) is 3.03. The fraction of sp³-hybridized carbons (Fsp3) is 0.714. The molecule has 2 atom stereocenters. The van der Waals surface area contributed by atoms with Crippen LogP contribution in [-0.4, -0.2) is 53.9 Å². The molecule has 6 nitrogen and oxygen atoms in total. The highest BCUT2D eigenvalue weighted by atomic mass is 32.2. The van der Waals surface area contributed by atoms with Crippen LogP contribution in [0.4, 0.5) is 0 Å². The van der Waals surface area contributed by atoms with Crippen LogP contribution >= 0.6 is 0 Å². The Kier molecular flexibility index (Phi) is 3.85. The van der Waals surface area contributed by atoms with Gasteiger partial charge in [-0.05, 0) is 32.4 Å². The predicted octanol–water partition coefficient (Wildman–Crippen LogP) is 0.341. The number of aryl methyl sites for hydroxylation is 1. The molecule has 1 aromatic heterocycles. The van der Waals surface area contributed by atoms with Crippen molar-refractivity contribution >= 4 is 10.0 Å². The van der Waals surface area contributed by atoms with Crippen LogP contribution < -0.4 is 5.73 Å². The monoisotopic (exact) mass is 312 g/mol. The van der Waals surface area contributed by atoms with Crippen LogP contribution in [0, 0.1) is 0 Å². The van der Waals surface area contributed by atoms with Gasteiger partial charge in [-0.25, -0.2) is 8.42 Å². The number of hydrogen-bond acceptors (Lipinski definition) is 4. The van der Waals surface area contributed by atoms with Gasteiger partial charge in [-0.3, -0.25) is 4.90 Å². The molecular formula is C14H24N4O2S. The fourth-order valence-corrected chi connectivity index (χ4v) is 5.31. The summed E-state index contributed by atoms with van der Waals surface area (Å²) in [5.41, 5.74) is 6.48. The number of fused-ring (bicyclic) bond motifs is 1. The van der Waals surface area contributed by atoms with Gasteiger partial charge in [-0.2, -0.15) is 4.31 Å². The molecule has 1 aromatic rings. The molecule has 0 aromatic carbocycles. The van der Waals surface area contributed by atoms with Gasteiger partial charge in [0.2, 0.25) is 10.0 Å². The summed E-state index contributed by atoms with van der Waals surface area (Å²) in [5, 5.41) is 0. The van der Waals surface area contributed by atoms with E-state index in [2.05, 4.69) is 4.90 Å². The Morgan fingerprint density at radius 3 is 2.81 bits per heavy atom. The summed E-state index contributed by atoms with van der Waals surface area (Å²) in [5.74, 6) is 0. The van der Waals surface area contributed by atoms with E-state index in [9.17, 15) is 8.42 Å². The smallest absolute Gasteiger partial charge is 0.244 e. The minimum Gasteiger partial charge on any atom is -0.352 e. The Morgan fingerprint density at radius 1 is 1.38 bits per heavy atom. The van der Waals surface area contributed by atoms with Crippen LogP contribution in [-0.2, 0) is 23.6 Å². The number of hydrogen-bond donors (Lipinski definition) is 1. The summed E-state index contributed by atoms with van der Waals surface area (Å²) in [6, 6.07) is 2.10. The van der Waals surface area contributed by atoms with E-state index >= 15 is 0 Å². The second kappa shape index (κ2) is 5.39. The third-order valence-corrected chi connectivity index (χ3v) is 6.72. The molecule has 2 aliphatic rings. The standard InChI is InChI=1S/C14H24N4O2S/c1-11-8-17-5-3-4-12(17)9-18(11)21(19,20)14-6-13(7-15)16(2)10-14/h6,10-12H,3-5,7-9,15H2,1-2H3. The first-order chi connectivity index (χ1) is 9.93. The van der Waals surface area contributed by atoms with Gasteiger partial charge in [0.05, 0.1) is 0 Å². The summed E-state index contributed by atoms with van der Waals surface area (Å²) in [6.45, 7) is 4.89. The van der Waals surface area contributed by atoms with Crippen molar-refractivity contribution < 1.29 is 8.42 Å². The molecule has 2 N–H and O–H groups in total. The first-order valence-electron chi connectivity index (χ1n) is 7.54. The molecule has 2 unspecified atom stereocenters. The van der Waals surface area contributed by atoms with E-state index in [-0.39, 0.29) is 6.04 Å².